The van der Waals surface area contributed by atoms with Crippen molar-refractivity contribution >= 4 is 5.69 Å². The van der Waals surface area contributed by atoms with Crippen molar-refractivity contribution in [1.82, 2.24) is 0 Å². The molecule has 17 heavy (non-hydrogen) atoms. The summed E-state index contributed by atoms with van der Waals surface area (Å²) in [7, 11) is 0. The minimum Gasteiger partial charge on any atom is -0.493 e. The minimum absolute atomic E-state index is 0.200. The van der Waals surface area contributed by atoms with Gasteiger partial charge in [-0.05, 0) is 29.3 Å². The van der Waals surface area contributed by atoms with Crippen molar-refractivity contribution in [3.63, 3.8) is 0 Å². The molecule has 2 nitrogen and oxygen atoms in total. The lowest BCUT2D eigenvalue weighted by Crippen LogP contribution is -1.94. The van der Waals surface area contributed by atoms with Crippen LogP contribution in [-0.2, 0) is 6.42 Å². The van der Waals surface area contributed by atoms with Crippen LogP contribution in [0.1, 0.15) is 5.56 Å². The van der Waals surface area contributed by atoms with Crippen LogP contribution < -0.4 is 10.5 Å². The Morgan fingerprint density at radius 1 is 1.18 bits per heavy atom. The number of benzene rings is 2. The molecule has 2 N–H and O–H groups in total. The fourth-order valence-corrected chi connectivity index (χ4v) is 2.14. The molecule has 86 valence electrons. The molecule has 1 aliphatic heterocycles. The van der Waals surface area contributed by atoms with Gasteiger partial charge >= 0.3 is 0 Å². The van der Waals surface area contributed by atoms with E-state index in [1.165, 1.54) is 6.07 Å². The third kappa shape index (κ3) is 1.64. The van der Waals surface area contributed by atoms with Gasteiger partial charge in [-0.25, -0.2) is 4.39 Å². The normalized spacial score (nSPS) is 13.2. The van der Waals surface area contributed by atoms with E-state index < -0.39 is 0 Å². The lowest BCUT2D eigenvalue weighted by atomic mass is 10.0. The van der Waals surface area contributed by atoms with Crippen molar-refractivity contribution in [2.45, 2.75) is 6.42 Å². The highest BCUT2D eigenvalue weighted by atomic mass is 19.1. The van der Waals surface area contributed by atoms with E-state index in [0.29, 0.717) is 0 Å². The zero-order chi connectivity index (χ0) is 11.8. The van der Waals surface area contributed by atoms with Gasteiger partial charge in [-0.1, -0.05) is 18.2 Å². The van der Waals surface area contributed by atoms with Crippen LogP contribution in [0.25, 0.3) is 11.1 Å². The van der Waals surface area contributed by atoms with Crippen LogP contribution in [0.3, 0.4) is 0 Å². The van der Waals surface area contributed by atoms with Crippen molar-refractivity contribution in [3.8, 4) is 16.9 Å². The van der Waals surface area contributed by atoms with E-state index in [1.807, 2.05) is 24.3 Å². The molecule has 0 amide bonds. The number of fused-ring (bicyclic) bond motifs is 1. The Kier molecular flexibility index (Phi) is 2.25. The van der Waals surface area contributed by atoms with Gasteiger partial charge in [0.05, 0.1) is 12.3 Å². The van der Waals surface area contributed by atoms with Gasteiger partial charge < -0.3 is 10.5 Å². The number of hydrogen-bond acceptors (Lipinski definition) is 2. The maximum Gasteiger partial charge on any atom is 0.146 e. The van der Waals surface area contributed by atoms with E-state index in [9.17, 15) is 4.39 Å². The average molecular weight is 229 g/mol. The molecule has 0 aliphatic carbocycles. The summed E-state index contributed by atoms with van der Waals surface area (Å²) in [5, 5.41) is 0. The lowest BCUT2D eigenvalue weighted by Gasteiger charge is -2.08. The van der Waals surface area contributed by atoms with Crippen molar-refractivity contribution in [3.05, 3.63) is 47.8 Å². The van der Waals surface area contributed by atoms with E-state index in [4.69, 9.17) is 10.5 Å². The fraction of sp³-hybridized carbons (Fsp3) is 0.143. The van der Waals surface area contributed by atoms with Crippen LogP contribution in [-0.4, -0.2) is 6.61 Å². The van der Waals surface area contributed by atoms with Crippen LogP contribution in [0.5, 0.6) is 5.75 Å². The molecule has 0 saturated heterocycles. The standard InChI is InChI=1S/C14H12FNO/c15-12-3-1-2-11(14(12)16)9-4-5-13-10(8-9)6-7-17-13/h1-5,8H,6-7,16H2. The van der Waals surface area contributed by atoms with E-state index in [0.717, 1.165) is 35.5 Å². The lowest BCUT2D eigenvalue weighted by molar-refractivity contribution is 0.357. The second-order valence-electron chi connectivity index (χ2n) is 4.12. The highest BCUT2D eigenvalue weighted by Gasteiger charge is 2.14. The molecular formula is C14H12FNO. The van der Waals surface area contributed by atoms with Crippen LogP contribution in [0.4, 0.5) is 10.1 Å². The Bertz CT molecular complexity index is 580. The van der Waals surface area contributed by atoms with Crippen LogP contribution in [0, 0.1) is 5.82 Å². The molecule has 1 heterocycles. The molecule has 0 spiro atoms. The fourth-order valence-electron chi connectivity index (χ4n) is 2.14. The Labute approximate surface area is 98.8 Å². The second kappa shape index (κ2) is 3.77. The predicted molar refractivity (Wildman–Crippen MR) is 65.4 cm³/mol. The number of halogens is 1. The minimum atomic E-state index is -0.376. The summed E-state index contributed by atoms with van der Waals surface area (Å²) < 4.78 is 18.8. The molecule has 0 atom stereocenters. The van der Waals surface area contributed by atoms with E-state index in [1.54, 1.807) is 6.07 Å². The number of ether oxygens (including phenoxy) is 1. The number of nitrogens with two attached hydrogens (primary N) is 1. The van der Waals surface area contributed by atoms with Crippen LogP contribution in [0.15, 0.2) is 36.4 Å². The number of hydrogen-bond donors (Lipinski definition) is 1. The smallest absolute Gasteiger partial charge is 0.146 e. The highest BCUT2D eigenvalue weighted by Crippen LogP contribution is 2.33. The Hall–Kier alpha value is -2.03. The third-order valence-electron chi connectivity index (χ3n) is 3.05. The van der Waals surface area contributed by atoms with Crippen LogP contribution >= 0.6 is 0 Å². The van der Waals surface area contributed by atoms with Crippen molar-refractivity contribution in [1.29, 1.82) is 0 Å². The summed E-state index contributed by atoms with van der Waals surface area (Å²) in [4.78, 5) is 0. The van der Waals surface area contributed by atoms with E-state index >= 15 is 0 Å². The third-order valence-corrected chi connectivity index (χ3v) is 3.05. The number of anilines is 1. The Balaban J connectivity index is 2.13. The molecule has 2 aromatic rings. The van der Waals surface area contributed by atoms with E-state index in [2.05, 4.69) is 0 Å². The first kappa shape index (κ1) is 10.1. The first-order valence-corrected chi connectivity index (χ1v) is 5.56. The Morgan fingerprint density at radius 2 is 2.06 bits per heavy atom. The monoisotopic (exact) mass is 229 g/mol. The maximum absolute atomic E-state index is 13.4. The van der Waals surface area contributed by atoms with Gasteiger partial charge in [0.1, 0.15) is 11.6 Å². The van der Waals surface area contributed by atoms with E-state index in [-0.39, 0.29) is 11.5 Å². The summed E-state index contributed by atoms with van der Waals surface area (Å²) in [5.41, 5.74) is 8.78. The van der Waals surface area contributed by atoms with Gasteiger partial charge in [0.25, 0.3) is 0 Å². The summed E-state index contributed by atoms with van der Waals surface area (Å²) in [6.45, 7) is 0.720. The highest BCUT2D eigenvalue weighted by molar-refractivity contribution is 5.77. The zero-order valence-corrected chi connectivity index (χ0v) is 9.24. The maximum atomic E-state index is 13.4. The van der Waals surface area contributed by atoms with Gasteiger partial charge in [-0.15, -0.1) is 0 Å². The second-order valence-corrected chi connectivity index (χ2v) is 4.12. The van der Waals surface area contributed by atoms with Gasteiger partial charge in [0.2, 0.25) is 0 Å². The quantitative estimate of drug-likeness (QED) is 0.763. The molecule has 0 unspecified atom stereocenters. The topological polar surface area (TPSA) is 35.2 Å². The summed E-state index contributed by atoms with van der Waals surface area (Å²) in [5.74, 6) is 0.544. The molecule has 0 saturated carbocycles. The van der Waals surface area contributed by atoms with Gasteiger partial charge in [0.15, 0.2) is 0 Å². The number of rotatable bonds is 1. The molecule has 0 radical (unpaired) electrons. The molecule has 0 bridgehead atoms. The van der Waals surface area contributed by atoms with Crippen molar-refractivity contribution < 1.29 is 9.13 Å². The zero-order valence-electron chi connectivity index (χ0n) is 9.24. The van der Waals surface area contributed by atoms with Gasteiger partial charge in [0, 0.05) is 12.0 Å². The van der Waals surface area contributed by atoms with Gasteiger partial charge in [-0.3, -0.25) is 0 Å². The molecule has 0 aromatic heterocycles. The molecule has 3 rings (SSSR count). The van der Waals surface area contributed by atoms with Crippen LogP contribution in [0.2, 0.25) is 0 Å². The SMILES string of the molecule is Nc1c(F)cccc1-c1ccc2c(c1)CCO2. The predicted octanol–water partition coefficient (Wildman–Crippen LogP) is 3.01. The molecule has 0 fully saturated rings. The van der Waals surface area contributed by atoms with Crippen molar-refractivity contribution in [2.75, 3.05) is 12.3 Å². The first-order valence-electron chi connectivity index (χ1n) is 5.56. The molecule has 2 aromatic carbocycles. The summed E-state index contributed by atoms with van der Waals surface area (Å²) in [6, 6.07) is 10.7. The largest absolute Gasteiger partial charge is 0.493 e. The van der Waals surface area contributed by atoms with Gasteiger partial charge in [-0.2, -0.15) is 0 Å². The first-order chi connectivity index (χ1) is 8.25. The number of para-hydroxylation sites is 1. The number of nitrogen functional groups attached to an aromatic ring is 1. The Morgan fingerprint density at radius 3 is 2.94 bits per heavy atom. The summed E-state index contributed by atoms with van der Waals surface area (Å²) >= 11 is 0. The molecule has 1 aliphatic rings. The van der Waals surface area contributed by atoms with Crippen molar-refractivity contribution in [2.24, 2.45) is 0 Å². The average Bonchev–Trinajstić information content (AvgIpc) is 2.79. The summed E-state index contributed by atoms with van der Waals surface area (Å²) in [6.07, 6.45) is 0.901. The molecule has 3 heteroatoms. The molecular weight excluding hydrogens is 217 g/mol.